The summed E-state index contributed by atoms with van der Waals surface area (Å²) >= 11 is 0. The summed E-state index contributed by atoms with van der Waals surface area (Å²) in [6, 6.07) is 8.15. The molecule has 0 unspecified atom stereocenters. The molecule has 3 aromatic rings. The summed E-state index contributed by atoms with van der Waals surface area (Å²) in [5, 5.41) is 7.70. The maximum atomic E-state index is 13.7. The quantitative estimate of drug-likeness (QED) is 0.408. The monoisotopic (exact) mass is 522 g/mol. The van der Waals surface area contributed by atoms with E-state index in [1.54, 1.807) is 44.9 Å². The van der Waals surface area contributed by atoms with Crippen molar-refractivity contribution < 1.29 is 31.8 Å². The van der Waals surface area contributed by atoms with E-state index >= 15 is 0 Å². The van der Waals surface area contributed by atoms with Gasteiger partial charge in [0.1, 0.15) is 16.9 Å². The Bertz CT molecular complexity index is 1260. The van der Waals surface area contributed by atoms with Gasteiger partial charge in [0.25, 0.3) is 0 Å². The number of carbonyl (C=O) groups is 1. The number of benzene rings is 2. The Hall–Kier alpha value is -3.21. The highest BCUT2D eigenvalue weighted by atomic mass is 19.4. The van der Waals surface area contributed by atoms with Gasteiger partial charge >= 0.3 is 12.3 Å². The van der Waals surface area contributed by atoms with Gasteiger partial charge in [0.15, 0.2) is 0 Å². The van der Waals surface area contributed by atoms with Crippen LogP contribution in [0.4, 0.5) is 22.4 Å². The molecule has 2 heterocycles. The van der Waals surface area contributed by atoms with Crippen LogP contribution in [-0.2, 0) is 34.7 Å². The van der Waals surface area contributed by atoms with Gasteiger partial charge in [-0.05, 0) is 63.4 Å². The maximum Gasteiger partial charge on any atom is 0.416 e. The van der Waals surface area contributed by atoms with Crippen LogP contribution in [0.3, 0.4) is 0 Å². The van der Waals surface area contributed by atoms with E-state index < -0.39 is 28.8 Å². The molecule has 1 saturated heterocycles. The summed E-state index contributed by atoms with van der Waals surface area (Å²) in [5.41, 5.74) is -0.247. The first-order valence-corrected chi connectivity index (χ1v) is 12.0. The van der Waals surface area contributed by atoms with Crippen LogP contribution in [0.2, 0.25) is 0 Å². The van der Waals surface area contributed by atoms with Crippen LogP contribution in [0.5, 0.6) is 0 Å². The molecular formula is C26H30F4N4O3. The molecule has 0 N–H and O–H groups in total. The Kier molecular flexibility index (Phi) is 7.20. The molecule has 1 aliphatic heterocycles. The van der Waals surface area contributed by atoms with Crippen LogP contribution >= 0.6 is 0 Å². The van der Waals surface area contributed by atoms with Crippen molar-refractivity contribution in [1.82, 2.24) is 19.9 Å². The lowest BCUT2D eigenvalue weighted by atomic mass is 9.73. The molecular weight excluding hydrogens is 492 g/mol. The largest absolute Gasteiger partial charge is 0.444 e. The van der Waals surface area contributed by atoms with Gasteiger partial charge in [-0.3, -0.25) is 0 Å². The van der Waals surface area contributed by atoms with E-state index in [9.17, 15) is 22.4 Å². The fraction of sp³-hybridized carbons (Fsp3) is 0.500. The van der Waals surface area contributed by atoms with E-state index in [-0.39, 0.29) is 24.5 Å². The zero-order valence-corrected chi connectivity index (χ0v) is 21.2. The van der Waals surface area contributed by atoms with E-state index in [1.165, 1.54) is 16.8 Å². The molecule has 37 heavy (non-hydrogen) atoms. The Morgan fingerprint density at radius 1 is 1.08 bits per heavy atom. The Labute approximate surface area is 212 Å². The summed E-state index contributed by atoms with van der Waals surface area (Å²) in [6.07, 6.45) is -3.91. The van der Waals surface area contributed by atoms with E-state index in [1.807, 2.05) is 0 Å². The molecule has 1 fully saturated rings. The van der Waals surface area contributed by atoms with Crippen LogP contribution in [0.1, 0.15) is 50.3 Å². The van der Waals surface area contributed by atoms with E-state index in [4.69, 9.17) is 9.47 Å². The summed E-state index contributed by atoms with van der Waals surface area (Å²) in [4.78, 5) is 14.2. The molecule has 1 aliphatic rings. The predicted molar refractivity (Wildman–Crippen MR) is 128 cm³/mol. The lowest BCUT2D eigenvalue weighted by molar-refractivity contribution is -0.137. The first-order valence-electron chi connectivity index (χ1n) is 12.0. The number of likely N-dealkylation sites (tertiary alicyclic amines) is 1. The third kappa shape index (κ3) is 6.03. The second-order valence-corrected chi connectivity index (χ2v) is 10.5. The predicted octanol–water partition coefficient (Wildman–Crippen LogP) is 5.61. The van der Waals surface area contributed by atoms with Crippen molar-refractivity contribution in [3.63, 3.8) is 0 Å². The molecule has 0 saturated carbocycles. The first kappa shape index (κ1) is 26.8. The van der Waals surface area contributed by atoms with Gasteiger partial charge in [-0.2, -0.15) is 13.2 Å². The highest BCUT2D eigenvalue weighted by Crippen LogP contribution is 2.38. The topological polar surface area (TPSA) is 69.5 Å². The number of piperidine rings is 1. The zero-order valence-electron chi connectivity index (χ0n) is 21.2. The first-order chi connectivity index (χ1) is 17.3. The van der Waals surface area contributed by atoms with Crippen LogP contribution < -0.4 is 0 Å². The van der Waals surface area contributed by atoms with Crippen molar-refractivity contribution in [2.24, 2.45) is 7.05 Å². The van der Waals surface area contributed by atoms with E-state index in [2.05, 4.69) is 10.3 Å². The molecule has 1 aromatic heterocycles. The number of hydrogen-bond donors (Lipinski definition) is 0. The van der Waals surface area contributed by atoms with Crippen LogP contribution in [-0.4, -0.2) is 51.3 Å². The number of amides is 1. The minimum atomic E-state index is -4.54. The molecule has 1 amide bonds. The summed E-state index contributed by atoms with van der Waals surface area (Å²) in [7, 11) is 1.61. The smallest absolute Gasteiger partial charge is 0.416 e. The van der Waals surface area contributed by atoms with Crippen LogP contribution in [0.25, 0.3) is 11.0 Å². The maximum absolute atomic E-state index is 13.7. The highest BCUT2D eigenvalue weighted by molar-refractivity contribution is 5.79. The molecule has 0 atom stereocenters. The lowest BCUT2D eigenvalue weighted by Gasteiger charge is -2.42. The number of nitrogens with zero attached hydrogens (tertiary/aromatic N) is 4. The van der Waals surface area contributed by atoms with Crippen molar-refractivity contribution in [1.29, 1.82) is 0 Å². The summed E-state index contributed by atoms with van der Waals surface area (Å²) < 4.78 is 67.0. The minimum Gasteiger partial charge on any atom is -0.444 e. The van der Waals surface area contributed by atoms with Gasteiger partial charge < -0.3 is 14.4 Å². The standard InChI is InChI=1S/C26H30F4N4O3/c1-24(2,3)37-23(35)34-11-9-25(10-12-34,18-5-7-20(27)8-6-18)16-36-15-17-13-19(26(28,29)30)14-21-22(17)33(4)32-31-21/h5-8,13-14H,9-12,15-16H2,1-4H3. The number of fused-ring (bicyclic) bond motifs is 1. The number of hydrogen-bond acceptors (Lipinski definition) is 5. The normalized spacial score (nSPS) is 16.3. The minimum absolute atomic E-state index is 0.0969. The number of alkyl halides is 3. The SMILES string of the molecule is Cn1nnc2cc(C(F)(F)F)cc(COCC3(c4ccc(F)cc4)CCN(C(=O)OC(C)(C)C)CC3)c21. The average molecular weight is 523 g/mol. The fourth-order valence-corrected chi connectivity index (χ4v) is 4.68. The Morgan fingerprint density at radius 2 is 1.73 bits per heavy atom. The van der Waals surface area contributed by atoms with Crippen molar-refractivity contribution in [3.05, 3.63) is 58.9 Å². The molecule has 0 spiro atoms. The third-order valence-corrected chi connectivity index (χ3v) is 6.57. The van der Waals surface area contributed by atoms with Crippen molar-refractivity contribution in [3.8, 4) is 0 Å². The molecule has 7 nitrogen and oxygen atoms in total. The van der Waals surface area contributed by atoms with Gasteiger partial charge in [0.2, 0.25) is 0 Å². The zero-order chi connectivity index (χ0) is 27.0. The molecule has 2 aromatic carbocycles. The number of halogens is 4. The molecule has 11 heteroatoms. The van der Waals surface area contributed by atoms with Crippen LogP contribution in [0.15, 0.2) is 36.4 Å². The molecule has 0 aliphatic carbocycles. The number of ether oxygens (including phenoxy) is 2. The van der Waals surface area contributed by atoms with Crippen molar-refractivity contribution in [2.45, 2.75) is 57.4 Å². The number of aryl methyl sites for hydroxylation is 1. The van der Waals surface area contributed by atoms with Crippen molar-refractivity contribution >= 4 is 17.1 Å². The highest BCUT2D eigenvalue weighted by Gasteiger charge is 2.39. The molecule has 200 valence electrons. The van der Waals surface area contributed by atoms with E-state index in [0.29, 0.717) is 37.0 Å². The molecule has 0 bridgehead atoms. The summed E-state index contributed by atoms with van der Waals surface area (Å²) in [6.45, 7) is 6.27. The van der Waals surface area contributed by atoms with Gasteiger partial charge in [-0.25, -0.2) is 13.9 Å². The van der Waals surface area contributed by atoms with Gasteiger partial charge in [-0.1, -0.05) is 17.3 Å². The van der Waals surface area contributed by atoms with Gasteiger partial charge in [0, 0.05) is 31.1 Å². The average Bonchev–Trinajstić information content (AvgIpc) is 3.19. The van der Waals surface area contributed by atoms with Gasteiger partial charge in [-0.15, -0.1) is 5.10 Å². The van der Waals surface area contributed by atoms with E-state index in [0.717, 1.165) is 17.7 Å². The second kappa shape index (κ2) is 9.92. The number of rotatable bonds is 5. The number of aromatic nitrogens is 3. The molecule has 0 radical (unpaired) electrons. The Balaban J connectivity index is 1.55. The molecule has 4 rings (SSSR count). The second-order valence-electron chi connectivity index (χ2n) is 10.5. The van der Waals surface area contributed by atoms with Crippen molar-refractivity contribution in [2.75, 3.05) is 19.7 Å². The lowest BCUT2D eigenvalue weighted by Crippen LogP contribution is -2.48. The fourth-order valence-electron chi connectivity index (χ4n) is 4.68. The third-order valence-electron chi connectivity index (χ3n) is 6.57. The summed E-state index contributed by atoms with van der Waals surface area (Å²) in [5.74, 6) is -0.374. The van der Waals surface area contributed by atoms with Crippen LogP contribution in [0, 0.1) is 5.82 Å². The number of carbonyl (C=O) groups excluding carboxylic acids is 1. The van der Waals surface area contributed by atoms with Gasteiger partial charge in [0.05, 0.1) is 24.3 Å². The Morgan fingerprint density at radius 3 is 2.32 bits per heavy atom.